The number of aryl methyl sites for hydroxylation is 2. The number of rotatable bonds is 7. The zero-order chi connectivity index (χ0) is 12.8. The van der Waals surface area contributed by atoms with Crippen molar-refractivity contribution in [2.45, 2.75) is 51.5 Å². The van der Waals surface area contributed by atoms with Gasteiger partial charge in [-0.1, -0.05) is 6.92 Å². The monoisotopic (exact) mass is 284 g/mol. The van der Waals surface area contributed by atoms with Crippen molar-refractivity contribution < 1.29 is 0 Å². The Hall–Kier alpha value is -0.0600. The second-order valence-corrected chi connectivity index (χ2v) is 7.02. The summed E-state index contributed by atoms with van der Waals surface area (Å²) in [6, 6.07) is 0.480. The summed E-state index contributed by atoms with van der Waals surface area (Å²) in [6.07, 6.45) is 9.73. The van der Waals surface area contributed by atoms with Crippen LogP contribution >= 0.6 is 23.1 Å². The first-order valence-electron chi connectivity index (χ1n) is 7.06. The average Bonchev–Trinajstić information content (AvgIpc) is 2.82. The summed E-state index contributed by atoms with van der Waals surface area (Å²) in [6.45, 7) is 3.33. The first-order chi connectivity index (χ1) is 8.85. The van der Waals surface area contributed by atoms with E-state index in [0.29, 0.717) is 6.04 Å². The van der Waals surface area contributed by atoms with E-state index in [1.54, 1.807) is 4.88 Å². The molecular formula is C14H24N2S2. The number of hydrogen-bond donors (Lipinski definition) is 1. The first-order valence-corrected chi connectivity index (χ1v) is 9.27. The van der Waals surface area contributed by atoms with E-state index in [1.165, 1.54) is 55.0 Å². The third-order valence-corrected chi connectivity index (χ3v) is 5.33. The Bertz CT molecular complexity index is 331. The van der Waals surface area contributed by atoms with Crippen LogP contribution in [0.15, 0.2) is 0 Å². The highest BCUT2D eigenvalue weighted by Crippen LogP contribution is 2.31. The number of thioether (sulfide) groups is 1. The van der Waals surface area contributed by atoms with E-state index in [9.17, 15) is 0 Å². The molecule has 1 aromatic heterocycles. The van der Waals surface area contributed by atoms with Crippen molar-refractivity contribution >= 4 is 23.1 Å². The van der Waals surface area contributed by atoms with Crippen LogP contribution in [0.2, 0.25) is 0 Å². The highest BCUT2D eigenvalue weighted by Gasteiger charge is 2.20. The Labute approximate surface area is 119 Å². The van der Waals surface area contributed by atoms with E-state index in [-0.39, 0.29) is 0 Å². The lowest BCUT2D eigenvalue weighted by Gasteiger charge is -2.15. The maximum absolute atomic E-state index is 4.90. The van der Waals surface area contributed by atoms with Crippen molar-refractivity contribution in [1.82, 2.24) is 10.3 Å². The van der Waals surface area contributed by atoms with Gasteiger partial charge in [-0.15, -0.1) is 11.3 Å². The number of thiazole rings is 1. The van der Waals surface area contributed by atoms with E-state index in [4.69, 9.17) is 4.98 Å². The van der Waals surface area contributed by atoms with E-state index < -0.39 is 0 Å². The fourth-order valence-electron chi connectivity index (χ4n) is 2.39. The van der Waals surface area contributed by atoms with E-state index in [2.05, 4.69) is 18.5 Å². The van der Waals surface area contributed by atoms with Crippen LogP contribution in [0.1, 0.15) is 54.2 Å². The van der Waals surface area contributed by atoms with Gasteiger partial charge in [-0.05, 0) is 57.1 Å². The highest BCUT2D eigenvalue weighted by molar-refractivity contribution is 7.98. The normalized spacial score (nSPS) is 16.6. The van der Waals surface area contributed by atoms with Gasteiger partial charge in [-0.25, -0.2) is 4.98 Å². The largest absolute Gasteiger partial charge is 0.308 e. The molecule has 1 aromatic rings. The van der Waals surface area contributed by atoms with Crippen LogP contribution in [0, 0.1) is 0 Å². The summed E-state index contributed by atoms with van der Waals surface area (Å²) >= 11 is 3.89. The molecule has 0 aliphatic heterocycles. The molecule has 1 heterocycles. The summed E-state index contributed by atoms with van der Waals surface area (Å²) < 4.78 is 0. The predicted molar refractivity (Wildman–Crippen MR) is 82.8 cm³/mol. The third-order valence-electron chi connectivity index (χ3n) is 3.41. The van der Waals surface area contributed by atoms with Gasteiger partial charge in [0.1, 0.15) is 5.01 Å². The standard InChI is InChI=1S/C14H24N2S2/c1-3-9-15-12(8-10-17-2)14-16-11-6-4-5-7-13(11)18-14/h12,15H,3-10H2,1-2H3. The second-order valence-electron chi connectivity index (χ2n) is 4.92. The smallest absolute Gasteiger partial charge is 0.110 e. The van der Waals surface area contributed by atoms with Crippen molar-refractivity contribution in [3.05, 3.63) is 15.6 Å². The molecule has 2 nitrogen and oxygen atoms in total. The minimum Gasteiger partial charge on any atom is -0.308 e. The lowest BCUT2D eigenvalue weighted by molar-refractivity contribution is 0.517. The van der Waals surface area contributed by atoms with Crippen LogP contribution in [0.4, 0.5) is 0 Å². The Kier molecular flexibility index (Phi) is 5.99. The Morgan fingerprint density at radius 3 is 2.94 bits per heavy atom. The molecule has 1 aliphatic rings. The molecule has 4 heteroatoms. The summed E-state index contributed by atoms with van der Waals surface area (Å²) in [5, 5.41) is 5.00. The van der Waals surface area contributed by atoms with Gasteiger partial charge in [0.05, 0.1) is 11.7 Å². The maximum atomic E-state index is 4.90. The molecule has 1 unspecified atom stereocenters. The highest BCUT2D eigenvalue weighted by atomic mass is 32.2. The van der Waals surface area contributed by atoms with Gasteiger partial charge >= 0.3 is 0 Å². The molecular weight excluding hydrogens is 260 g/mol. The summed E-state index contributed by atoms with van der Waals surface area (Å²) in [5.74, 6) is 1.21. The molecule has 18 heavy (non-hydrogen) atoms. The number of fused-ring (bicyclic) bond motifs is 1. The Balaban J connectivity index is 2.05. The predicted octanol–water partition coefficient (Wildman–Crippen LogP) is 3.82. The average molecular weight is 284 g/mol. The van der Waals surface area contributed by atoms with Gasteiger partial charge < -0.3 is 5.32 Å². The maximum Gasteiger partial charge on any atom is 0.110 e. The molecule has 0 saturated heterocycles. The van der Waals surface area contributed by atoms with Gasteiger partial charge in [0, 0.05) is 4.88 Å². The number of hydrogen-bond acceptors (Lipinski definition) is 4. The van der Waals surface area contributed by atoms with E-state index in [0.717, 1.165) is 6.54 Å². The van der Waals surface area contributed by atoms with Crippen LogP contribution < -0.4 is 5.32 Å². The SMILES string of the molecule is CCCNC(CCSC)c1nc2c(s1)CCCC2. The van der Waals surface area contributed by atoms with Gasteiger partial charge in [-0.3, -0.25) is 0 Å². The van der Waals surface area contributed by atoms with Crippen LogP contribution in [-0.2, 0) is 12.8 Å². The number of nitrogens with zero attached hydrogens (tertiary/aromatic N) is 1. The minimum atomic E-state index is 0.480. The van der Waals surface area contributed by atoms with Gasteiger partial charge in [0.25, 0.3) is 0 Å². The van der Waals surface area contributed by atoms with Gasteiger partial charge in [-0.2, -0.15) is 11.8 Å². The first kappa shape index (κ1) is 14.4. The molecule has 1 atom stereocenters. The van der Waals surface area contributed by atoms with Crippen molar-refractivity contribution in [2.75, 3.05) is 18.6 Å². The van der Waals surface area contributed by atoms with Crippen LogP contribution in [0.5, 0.6) is 0 Å². The molecule has 0 bridgehead atoms. The fraction of sp³-hybridized carbons (Fsp3) is 0.786. The zero-order valence-corrected chi connectivity index (χ0v) is 13.1. The lowest BCUT2D eigenvalue weighted by Crippen LogP contribution is -2.22. The lowest BCUT2D eigenvalue weighted by atomic mass is 10.0. The van der Waals surface area contributed by atoms with Crippen LogP contribution in [-0.4, -0.2) is 23.5 Å². The molecule has 0 radical (unpaired) electrons. The fourth-order valence-corrected chi connectivity index (χ4v) is 4.12. The zero-order valence-electron chi connectivity index (χ0n) is 11.5. The number of nitrogens with one attached hydrogen (secondary N) is 1. The van der Waals surface area contributed by atoms with E-state index in [1.807, 2.05) is 23.1 Å². The summed E-state index contributed by atoms with van der Waals surface area (Å²) in [4.78, 5) is 6.46. The molecule has 0 spiro atoms. The molecule has 0 fully saturated rings. The van der Waals surface area contributed by atoms with Crippen molar-refractivity contribution in [2.24, 2.45) is 0 Å². The summed E-state index contributed by atoms with van der Waals surface area (Å²) in [5.41, 5.74) is 1.40. The molecule has 0 amide bonds. The third kappa shape index (κ3) is 3.72. The molecule has 2 rings (SSSR count). The Morgan fingerprint density at radius 2 is 2.22 bits per heavy atom. The minimum absolute atomic E-state index is 0.480. The van der Waals surface area contributed by atoms with Crippen molar-refractivity contribution in [3.8, 4) is 0 Å². The van der Waals surface area contributed by atoms with E-state index >= 15 is 0 Å². The molecule has 0 aromatic carbocycles. The van der Waals surface area contributed by atoms with Gasteiger partial charge in [0.2, 0.25) is 0 Å². The van der Waals surface area contributed by atoms with Crippen LogP contribution in [0.3, 0.4) is 0 Å². The second kappa shape index (κ2) is 7.51. The molecule has 102 valence electrons. The van der Waals surface area contributed by atoms with Crippen molar-refractivity contribution in [1.29, 1.82) is 0 Å². The molecule has 0 saturated carbocycles. The quantitative estimate of drug-likeness (QED) is 0.824. The summed E-state index contributed by atoms with van der Waals surface area (Å²) in [7, 11) is 0. The van der Waals surface area contributed by atoms with Crippen molar-refractivity contribution in [3.63, 3.8) is 0 Å². The molecule has 1 aliphatic carbocycles. The topological polar surface area (TPSA) is 24.9 Å². The number of aromatic nitrogens is 1. The van der Waals surface area contributed by atoms with Crippen LogP contribution in [0.25, 0.3) is 0 Å². The molecule has 1 N–H and O–H groups in total. The van der Waals surface area contributed by atoms with Gasteiger partial charge in [0.15, 0.2) is 0 Å². The Morgan fingerprint density at radius 1 is 1.39 bits per heavy atom.